The average Bonchev–Trinajstić information content (AvgIpc) is 2.38. The standard InChI is InChI=1S/C12H15ClF3N3O2/c1-7(17)10(20)18-3-2-4-21-11-9(13)5-8(6-19-11)12(14,15)16/h5-7H,2-4,17H2,1H3,(H,18,20). The first-order valence-electron chi connectivity index (χ1n) is 6.10. The lowest BCUT2D eigenvalue weighted by Crippen LogP contribution is -2.38. The summed E-state index contributed by atoms with van der Waals surface area (Å²) in [5.41, 5.74) is 4.41. The van der Waals surface area contributed by atoms with Crippen LogP contribution in [0.25, 0.3) is 0 Å². The molecule has 9 heteroatoms. The van der Waals surface area contributed by atoms with Crippen LogP contribution < -0.4 is 15.8 Å². The van der Waals surface area contributed by atoms with Crippen molar-refractivity contribution in [2.75, 3.05) is 13.2 Å². The zero-order valence-corrected chi connectivity index (χ0v) is 12.0. The van der Waals surface area contributed by atoms with E-state index in [1.807, 2.05) is 0 Å². The molecule has 0 aliphatic heterocycles. The Morgan fingerprint density at radius 2 is 2.24 bits per heavy atom. The Hall–Kier alpha value is -1.54. The van der Waals surface area contributed by atoms with E-state index in [4.69, 9.17) is 22.1 Å². The molecule has 5 nitrogen and oxygen atoms in total. The van der Waals surface area contributed by atoms with Crippen molar-refractivity contribution in [1.82, 2.24) is 10.3 Å². The van der Waals surface area contributed by atoms with Crippen molar-refractivity contribution < 1.29 is 22.7 Å². The molecule has 0 saturated carbocycles. The molecule has 0 aliphatic rings. The van der Waals surface area contributed by atoms with E-state index in [1.165, 1.54) is 0 Å². The summed E-state index contributed by atoms with van der Waals surface area (Å²) in [6, 6.07) is 0.152. The minimum absolute atomic E-state index is 0.0804. The Balaban J connectivity index is 2.41. The lowest BCUT2D eigenvalue weighted by Gasteiger charge is -2.11. The average molecular weight is 326 g/mol. The lowest BCUT2D eigenvalue weighted by atomic mass is 10.3. The number of hydrogen-bond donors (Lipinski definition) is 2. The number of aromatic nitrogens is 1. The van der Waals surface area contributed by atoms with E-state index in [9.17, 15) is 18.0 Å². The van der Waals surface area contributed by atoms with Crippen molar-refractivity contribution in [3.63, 3.8) is 0 Å². The van der Waals surface area contributed by atoms with E-state index in [1.54, 1.807) is 6.92 Å². The van der Waals surface area contributed by atoms with Gasteiger partial charge in [-0.25, -0.2) is 4.98 Å². The summed E-state index contributed by atoms with van der Waals surface area (Å²) in [5, 5.41) is 2.35. The topological polar surface area (TPSA) is 77.2 Å². The van der Waals surface area contributed by atoms with Crippen molar-refractivity contribution in [2.24, 2.45) is 5.73 Å². The normalized spacial score (nSPS) is 12.9. The zero-order chi connectivity index (χ0) is 16.0. The second-order valence-electron chi connectivity index (χ2n) is 4.29. The van der Waals surface area contributed by atoms with Gasteiger partial charge in [-0.2, -0.15) is 13.2 Å². The quantitative estimate of drug-likeness (QED) is 0.784. The third-order valence-corrected chi connectivity index (χ3v) is 2.68. The van der Waals surface area contributed by atoms with E-state index in [0.717, 1.165) is 6.07 Å². The van der Waals surface area contributed by atoms with Crippen LogP contribution in [0, 0.1) is 0 Å². The van der Waals surface area contributed by atoms with Crippen molar-refractivity contribution in [3.8, 4) is 5.88 Å². The maximum Gasteiger partial charge on any atom is 0.417 e. The van der Waals surface area contributed by atoms with Crippen LogP contribution in [0.1, 0.15) is 18.9 Å². The van der Waals surface area contributed by atoms with Crippen molar-refractivity contribution in [1.29, 1.82) is 0 Å². The molecule has 1 unspecified atom stereocenters. The molecule has 1 atom stereocenters. The molecule has 0 bridgehead atoms. The molecule has 118 valence electrons. The number of carbonyl (C=O) groups is 1. The van der Waals surface area contributed by atoms with E-state index in [-0.39, 0.29) is 23.4 Å². The van der Waals surface area contributed by atoms with Gasteiger partial charge in [-0.3, -0.25) is 4.79 Å². The summed E-state index contributed by atoms with van der Waals surface area (Å²) in [4.78, 5) is 14.7. The number of amides is 1. The van der Waals surface area contributed by atoms with Gasteiger partial charge in [0, 0.05) is 12.7 Å². The fourth-order valence-corrected chi connectivity index (χ4v) is 1.52. The molecule has 1 aromatic rings. The Bertz CT molecular complexity index is 495. The molecule has 1 aromatic heterocycles. The summed E-state index contributed by atoms with van der Waals surface area (Å²) < 4.78 is 42.4. The van der Waals surface area contributed by atoms with Crippen molar-refractivity contribution >= 4 is 17.5 Å². The largest absolute Gasteiger partial charge is 0.477 e. The lowest BCUT2D eigenvalue weighted by molar-refractivity contribution is -0.137. The number of hydrogen-bond acceptors (Lipinski definition) is 4. The van der Waals surface area contributed by atoms with Gasteiger partial charge < -0.3 is 15.8 Å². The number of nitrogens with zero attached hydrogens (tertiary/aromatic N) is 1. The van der Waals surface area contributed by atoms with Crippen LogP contribution in [-0.2, 0) is 11.0 Å². The van der Waals surface area contributed by atoms with E-state index >= 15 is 0 Å². The van der Waals surface area contributed by atoms with Crippen LogP contribution >= 0.6 is 11.6 Å². The predicted molar refractivity (Wildman–Crippen MR) is 71.0 cm³/mol. The van der Waals surface area contributed by atoms with Crippen LogP contribution in [-0.4, -0.2) is 30.1 Å². The van der Waals surface area contributed by atoms with Crippen LogP contribution in [0.3, 0.4) is 0 Å². The van der Waals surface area contributed by atoms with Gasteiger partial charge in [-0.15, -0.1) is 0 Å². The Morgan fingerprint density at radius 3 is 2.76 bits per heavy atom. The number of nitrogens with one attached hydrogen (secondary N) is 1. The third kappa shape index (κ3) is 5.76. The summed E-state index contributed by atoms with van der Waals surface area (Å²) in [5.74, 6) is -0.371. The van der Waals surface area contributed by atoms with Gasteiger partial charge >= 0.3 is 6.18 Å². The number of alkyl halides is 3. The molecule has 1 heterocycles. The molecule has 21 heavy (non-hydrogen) atoms. The molecule has 3 N–H and O–H groups in total. The van der Waals surface area contributed by atoms with Crippen LogP contribution in [0.5, 0.6) is 5.88 Å². The van der Waals surface area contributed by atoms with Gasteiger partial charge in [-0.1, -0.05) is 11.6 Å². The molecule has 1 rings (SSSR count). The number of ether oxygens (including phenoxy) is 1. The maximum absolute atomic E-state index is 12.4. The van der Waals surface area contributed by atoms with E-state index < -0.39 is 17.8 Å². The van der Waals surface area contributed by atoms with E-state index in [2.05, 4.69) is 10.3 Å². The Morgan fingerprint density at radius 1 is 1.57 bits per heavy atom. The van der Waals surface area contributed by atoms with Gasteiger partial charge in [0.1, 0.15) is 5.02 Å². The predicted octanol–water partition coefficient (Wildman–Crippen LogP) is 1.99. The Labute approximate surface area is 124 Å². The zero-order valence-electron chi connectivity index (χ0n) is 11.2. The highest BCUT2D eigenvalue weighted by Gasteiger charge is 2.31. The molecule has 0 aliphatic carbocycles. The number of rotatable bonds is 6. The maximum atomic E-state index is 12.4. The number of carbonyl (C=O) groups excluding carboxylic acids is 1. The summed E-state index contributed by atoms with van der Waals surface area (Å²) in [6.45, 7) is 2.04. The molecular formula is C12H15ClF3N3O2. The summed E-state index contributed by atoms with van der Waals surface area (Å²) in [6.07, 6.45) is -3.41. The summed E-state index contributed by atoms with van der Waals surface area (Å²) in [7, 11) is 0. The first kappa shape index (κ1) is 17.5. The fourth-order valence-electron chi connectivity index (χ4n) is 1.30. The molecule has 0 fully saturated rings. The highest BCUT2D eigenvalue weighted by Crippen LogP contribution is 2.33. The van der Waals surface area contributed by atoms with Crippen molar-refractivity contribution in [2.45, 2.75) is 25.6 Å². The molecule has 0 spiro atoms. The van der Waals surface area contributed by atoms with Crippen molar-refractivity contribution in [3.05, 3.63) is 22.8 Å². The van der Waals surface area contributed by atoms with E-state index in [0.29, 0.717) is 19.2 Å². The second-order valence-corrected chi connectivity index (χ2v) is 4.70. The minimum Gasteiger partial charge on any atom is -0.477 e. The van der Waals surface area contributed by atoms with Gasteiger partial charge in [0.05, 0.1) is 18.2 Å². The van der Waals surface area contributed by atoms with Crippen LogP contribution in [0.2, 0.25) is 5.02 Å². The van der Waals surface area contributed by atoms with Crippen LogP contribution in [0.15, 0.2) is 12.3 Å². The monoisotopic (exact) mass is 325 g/mol. The minimum atomic E-state index is -4.50. The summed E-state index contributed by atoms with van der Waals surface area (Å²) >= 11 is 5.67. The molecular weight excluding hydrogens is 311 g/mol. The SMILES string of the molecule is CC(N)C(=O)NCCCOc1ncc(C(F)(F)F)cc1Cl. The van der Waals surface area contributed by atoms with Gasteiger partial charge in [-0.05, 0) is 19.4 Å². The van der Waals surface area contributed by atoms with Gasteiger partial charge in [0.2, 0.25) is 11.8 Å². The fraction of sp³-hybridized carbons (Fsp3) is 0.500. The highest BCUT2D eigenvalue weighted by molar-refractivity contribution is 6.31. The smallest absolute Gasteiger partial charge is 0.417 e. The first-order chi connectivity index (χ1) is 9.71. The molecule has 0 saturated heterocycles. The number of pyridine rings is 1. The molecule has 0 aromatic carbocycles. The third-order valence-electron chi connectivity index (χ3n) is 2.41. The number of halogens is 4. The molecule has 1 amide bonds. The van der Waals surface area contributed by atoms with Gasteiger partial charge in [0.25, 0.3) is 0 Å². The van der Waals surface area contributed by atoms with Gasteiger partial charge in [0.15, 0.2) is 0 Å². The first-order valence-corrected chi connectivity index (χ1v) is 6.48. The second kappa shape index (κ2) is 7.46. The molecule has 0 radical (unpaired) electrons. The number of nitrogens with two attached hydrogens (primary N) is 1. The van der Waals surface area contributed by atoms with Crippen LogP contribution in [0.4, 0.5) is 13.2 Å². The Kier molecular flexibility index (Phi) is 6.22. The highest BCUT2D eigenvalue weighted by atomic mass is 35.5.